The number of H-pyrrole nitrogens is 2. The highest BCUT2D eigenvalue weighted by molar-refractivity contribution is 6.32. The van der Waals surface area contributed by atoms with Crippen LogP contribution in [0.3, 0.4) is 0 Å². The fraction of sp³-hybridized carbons (Fsp3) is 0.422. The van der Waals surface area contributed by atoms with Crippen LogP contribution >= 0.6 is 11.6 Å². The second kappa shape index (κ2) is 17.4. The summed E-state index contributed by atoms with van der Waals surface area (Å²) >= 11 is 6.77. The first kappa shape index (κ1) is 42.2. The molecule has 0 radical (unpaired) electrons. The van der Waals surface area contributed by atoms with E-state index in [1.165, 1.54) is 7.11 Å². The van der Waals surface area contributed by atoms with E-state index in [4.69, 9.17) is 26.3 Å². The lowest BCUT2D eigenvalue weighted by Crippen LogP contribution is -2.51. The first-order chi connectivity index (χ1) is 28.6. The third kappa shape index (κ3) is 8.70. The zero-order valence-electron chi connectivity index (χ0n) is 35.0. The number of aromatic nitrogens is 4. The smallest absolute Gasteiger partial charge is 0.407 e. The molecule has 2 saturated heterocycles. The molecule has 4 amide bonds. The number of imidazole rings is 2. The normalized spacial score (nSPS) is 20.2. The van der Waals surface area contributed by atoms with E-state index in [1.54, 1.807) is 9.80 Å². The lowest BCUT2D eigenvalue weighted by molar-refractivity contribution is -0.136. The van der Waals surface area contributed by atoms with Gasteiger partial charge in [0.2, 0.25) is 11.8 Å². The molecule has 60 heavy (non-hydrogen) atoms. The van der Waals surface area contributed by atoms with Gasteiger partial charge >= 0.3 is 12.2 Å². The third-order valence-electron chi connectivity index (χ3n) is 11.7. The Morgan fingerprint density at radius 3 is 1.83 bits per heavy atom. The summed E-state index contributed by atoms with van der Waals surface area (Å²) in [4.78, 5) is 70.7. The molecule has 316 valence electrons. The van der Waals surface area contributed by atoms with E-state index in [1.807, 2.05) is 52.1 Å². The van der Waals surface area contributed by atoms with Crippen molar-refractivity contribution in [2.24, 2.45) is 23.7 Å². The maximum Gasteiger partial charge on any atom is 0.407 e. The highest BCUT2D eigenvalue weighted by atomic mass is 35.5. The molecule has 5 aromatic rings. The Morgan fingerprint density at radius 1 is 0.750 bits per heavy atom. The number of methoxy groups -OCH3 is 1. The largest absolute Gasteiger partial charge is 0.465 e. The number of nitrogens with zero attached hydrogens (tertiary/aromatic N) is 4. The Morgan fingerprint density at radius 2 is 1.27 bits per heavy atom. The van der Waals surface area contributed by atoms with Gasteiger partial charge in [-0.25, -0.2) is 19.6 Å². The monoisotopic (exact) mass is 836 g/mol. The summed E-state index contributed by atoms with van der Waals surface area (Å²) in [6, 6.07) is 18.5. The third-order valence-corrected chi connectivity index (χ3v) is 12.0. The van der Waals surface area contributed by atoms with Crippen LogP contribution in [0.2, 0.25) is 5.15 Å². The number of hydrogen-bond acceptors (Lipinski definition) is 7. The highest BCUT2D eigenvalue weighted by Crippen LogP contribution is 2.39. The van der Waals surface area contributed by atoms with Gasteiger partial charge in [0.25, 0.3) is 0 Å². The number of amides is 4. The van der Waals surface area contributed by atoms with Crippen LogP contribution in [0.15, 0.2) is 66.9 Å². The van der Waals surface area contributed by atoms with Gasteiger partial charge in [-0.15, -0.1) is 0 Å². The zero-order chi connectivity index (χ0) is 43.0. The van der Waals surface area contributed by atoms with Gasteiger partial charge in [-0.3, -0.25) is 9.59 Å². The van der Waals surface area contributed by atoms with E-state index in [0.29, 0.717) is 42.0 Å². The minimum atomic E-state index is -1.22. The van der Waals surface area contributed by atoms with Gasteiger partial charge in [0.1, 0.15) is 23.7 Å². The van der Waals surface area contributed by atoms with Crippen LogP contribution in [0.1, 0.15) is 78.1 Å². The molecule has 7 rings (SSSR count). The summed E-state index contributed by atoms with van der Waals surface area (Å²) in [6.07, 6.45) is 1.42. The van der Waals surface area contributed by atoms with Crippen molar-refractivity contribution in [1.82, 2.24) is 40.4 Å². The van der Waals surface area contributed by atoms with Crippen molar-refractivity contribution in [3.05, 3.63) is 83.7 Å². The Bertz CT molecular complexity index is 2390. The number of benzene rings is 3. The maximum absolute atomic E-state index is 13.8. The van der Waals surface area contributed by atoms with Gasteiger partial charge in [0, 0.05) is 30.4 Å². The number of carboxylic acid groups (broad SMARTS) is 1. The first-order valence-electron chi connectivity index (χ1n) is 20.5. The molecule has 4 heterocycles. The minimum absolute atomic E-state index is 0.146. The average Bonchev–Trinajstić information content (AvgIpc) is 4.04. The summed E-state index contributed by atoms with van der Waals surface area (Å²) < 4.78 is 4.78. The molecule has 15 heteroatoms. The first-order valence-corrected chi connectivity index (χ1v) is 20.9. The topological polar surface area (TPSA) is 186 Å². The number of alkyl carbamates (subject to hydrolysis) is 1. The van der Waals surface area contributed by atoms with Gasteiger partial charge in [0.15, 0.2) is 5.15 Å². The summed E-state index contributed by atoms with van der Waals surface area (Å²) in [7, 11) is 1.28. The van der Waals surface area contributed by atoms with Crippen LogP contribution in [-0.4, -0.2) is 91.1 Å². The van der Waals surface area contributed by atoms with Crippen molar-refractivity contribution in [2.75, 3.05) is 20.2 Å². The van der Waals surface area contributed by atoms with E-state index >= 15 is 0 Å². The summed E-state index contributed by atoms with van der Waals surface area (Å²) in [5, 5.41) is 16.9. The lowest BCUT2D eigenvalue weighted by atomic mass is 9.98. The van der Waals surface area contributed by atoms with Crippen LogP contribution < -0.4 is 10.6 Å². The predicted octanol–water partition coefficient (Wildman–Crippen LogP) is 8.43. The average molecular weight is 837 g/mol. The number of ether oxygens (including phenoxy) is 1. The number of nitrogens with one attached hydrogen (secondary N) is 4. The van der Waals surface area contributed by atoms with Crippen LogP contribution in [-0.2, 0) is 14.3 Å². The number of fused-ring (bicyclic) bond motifs is 1. The maximum atomic E-state index is 13.8. The molecule has 5 N–H and O–H groups in total. The number of rotatable bonds is 11. The van der Waals surface area contributed by atoms with E-state index in [-0.39, 0.29) is 47.6 Å². The van der Waals surface area contributed by atoms with Crippen molar-refractivity contribution in [1.29, 1.82) is 0 Å². The molecule has 2 fully saturated rings. The quantitative estimate of drug-likeness (QED) is 0.0878. The van der Waals surface area contributed by atoms with Crippen LogP contribution in [0, 0.1) is 23.7 Å². The van der Waals surface area contributed by atoms with Crippen LogP contribution in [0.25, 0.3) is 44.4 Å². The van der Waals surface area contributed by atoms with Crippen molar-refractivity contribution in [2.45, 2.75) is 78.6 Å². The van der Waals surface area contributed by atoms with Crippen molar-refractivity contribution < 1.29 is 29.0 Å². The molecule has 0 unspecified atom stereocenters. The molecule has 0 spiro atoms. The second-order valence-corrected chi connectivity index (χ2v) is 17.4. The van der Waals surface area contributed by atoms with Crippen molar-refractivity contribution >= 4 is 46.4 Å². The molecule has 6 atom stereocenters. The molecule has 0 saturated carbocycles. The number of carbonyl (C=O) groups is 4. The van der Waals surface area contributed by atoms with E-state index < -0.39 is 24.3 Å². The van der Waals surface area contributed by atoms with Gasteiger partial charge in [-0.2, -0.15) is 0 Å². The lowest BCUT2D eigenvalue weighted by Gasteiger charge is -2.30. The Balaban J connectivity index is 1.06. The Labute approximate surface area is 354 Å². The second-order valence-electron chi connectivity index (χ2n) is 17.0. The summed E-state index contributed by atoms with van der Waals surface area (Å²) in [5.41, 5.74) is 5.32. The molecule has 3 aromatic carbocycles. The molecule has 2 aliphatic heterocycles. The standard InChI is InChI=1S/C45H53ClN8O6/c1-23(2)36(50-44(57)58)42(55)53-21-25(5)16-34(53)40-47-20-33(48-40)28-10-8-27(9-11-28)29-12-13-31-19-32(15-14-30(31)18-29)38-39(46)52-41(49-38)35-17-26(6)22-54(35)43(56)37(24(3)4)51-45(59)60-7/h8-15,18-20,23-26,34-37,50H,16-17,21-22H2,1-7H3,(H,47,48)(H,49,52)(H,51,59)(H,57,58)/t25-,26-,34-,35-,36-,37-/m0/s1. The molecule has 2 aliphatic rings. The highest BCUT2D eigenvalue weighted by Gasteiger charge is 2.42. The number of hydrogen-bond donors (Lipinski definition) is 5. The van der Waals surface area contributed by atoms with Gasteiger partial charge in [-0.05, 0) is 70.5 Å². The molecule has 14 nitrogen and oxygen atoms in total. The van der Waals surface area contributed by atoms with Gasteiger partial charge in [-0.1, -0.05) is 102 Å². The Hall–Kier alpha value is -5.89. The van der Waals surface area contributed by atoms with Crippen molar-refractivity contribution in [3.63, 3.8) is 0 Å². The van der Waals surface area contributed by atoms with Gasteiger partial charge in [0.05, 0.1) is 30.6 Å². The summed E-state index contributed by atoms with van der Waals surface area (Å²) in [5.74, 6) is 0.989. The fourth-order valence-electron chi connectivity index (χ4n) is 8.59. The summed E-state index contributed by atoms with van der Waals surface area (Å²) in [6.45, 7) is 12.7. The molecule has 0 bridgehead atoms. The predicted molar refractivity (Wildman–Crippen MR) is 230 cm³/mol. The van der Waals surface area contributed by atoms with Crippen LogP contribution in [0.4, 0.5) is 9.59 Å². The molecular formula is C45H53ClN8O6. The van der Waals surface area contributed by atoms with Crippen LogP contribution in [0.5, 0.6) is 0 Å². The van der Waals surface area contributed by atoms with E-state index in [0.717, 1.165) is 45.1 Å². The number of aromatic amines is 2. The molecule has 0 aliphatic carbocycles. The van der Waals surface area contributed by atoms with Gasteiger partial charge < -0.3 is 40.2 Å². The number of likely N-dealkylation sites (tertiary alicyclic amines) is 2. The number of carbonyl (C=O) groups excluding carboxylic acids is 3. The van der Waals surface area contributed by atoms with Crippen molar-refractivity contribution in [3.8, 4) is 33.6 Å². The van der Waals surface area contributed by atoms with E-state index in [2.05, 4.69) is 76.9 Å². The SMILES string of the molecule is COC(=O)N[C@H](C(=O)N1C[C@@H](C)C[C@H]1c1nc(Cl)c(-c2ccc3cc(-c4ccc(-c5c[nH]c([C@@H]6C[C@H](C)CN6C(=O)[C@@H](NC(=O)O)C(C)C)n5)cc4)ccc3c2)[nH]1)C(C)C. The minimum Gasteiger partial charge on any atom is -0.465 e. The van der Waals surface area contributed by atoms with E-state index in [9.17, 15) is 24.3 Å². The fourth-order valence-corrected chi connectivity index (χ4v) is 8.84. The zero-order valence-corrected chi connectivity index (χ0v) is 35.7. The molecule has 2 aromatic heterocycles. The molecular weight excluding hydrogens is 784 g/mol. The Kier molecular flexibility index (Phi) is 12.2. The number of halogens is 1.